The van der Waals surface area contributed by atoms with E-state index < -0.39 is 11.7 Å². The Hall–Kier alpha value is -3.26. The molecule has 0 radical (unpaired) electrons. The van der Waals surface area contributed by atoms with Gasteiger partial charge in [-0.15, -0.1) is 10.2 Å². The van der Waals surface area contributed by atoms with Gasteiger partial charge in [0.15, 0.2) is 0 Å². The second-order valence-electron chi connectivity index (χ2n) is 8.03. The van der Waals surface area contributed by atoms with Crippen molar-refractivity contribution in [3.8, 4) is 11.5 Å². The summed E-state index contributed by atoms with van der Waals surface area (Å²) in [6.07, 6.45) is 1.81. The fourth-order valence-electron chi connectivity index (χ4n) is 3.99. The lowest BCUT2D eigenvalue weighted by molar-refractivity contribution is -0.137. The van der Waals surface area contributed by atoms with Gasteiger partial charge in [-0.3, -0.25) is 9.59 Å². The molecule has 3 aromatic rings. The van der Waals surface area contributed by atoms with Crippen LogP contribution < -0.4 is 4.90 Å². The van der Waals surface area contributed by atoms with Gasteiger partial charge in [-0.1, -0.05) is 35.9 Å². The van der Waals surface area contributed by atoms with Crippen LogP contribution in [0, 0.1) is 11.7 Å². The molecule has 2 heterocycles. The summed E-state index contributed by atoms with van der Waals surface area (Å²) in [6.45, 7) is 0.307. The maximum Gasteiger partial charge on any atom is 0.249 e. The molecule has 1 aliphatic heterocycles. The van der Waals surface area contributed by atoms with Crippen LogP contribution in [0.15, 0.2) is 52.9 Å². The third-order valence-corrected chi connectivity index (χ3v) is 6.09. The minimum absolute atomic E-state index is 0.0467. The summed E-state index contributed by atoms with van der Waals surface area (Å²) in [5.74, 6) is -0.856. The first-order valence-electron chi connectivity index (χ1n) is 10.4. The van der Waals surface area contributed by atoms with Crippen LogP contribution >= 0.6 is 11.6 Å². The number of hydrogen-bond acceptors (Lipinski definition) is 5. The molecule has 164 valence electrons. The number of para-hydroxylation sites is 1. The predicted molar refractivity (Wildman–Crippen MR) is 115 cm³/mol. The first kappa shape index (κ1) is 20.6. The number of aromatic nitrogens is 2. The van der Waals surface area contributed by atoms with E-state index in [1.54, 1.807) is 35.2 Å². The van der Waals surface area contributed by atoms with Crippen molar-refractivity contribution in [3.63, 3.8) is 0 Å². The number of nitrogens with zero attached hydrogens (tertiary/aromatic N) is 4. The Bertz CT molecular complexity index is 1180. The van der Waals surface area contributed by atoms with Gasteiger partial charge in [0.2, 0.25) is 23.6 Å². The molecule has 1 saturated carbocycles. The average Bonchev–Trinajstić information content (AvgIpc) is 3.40. The fraction of sp³-hybridized carbons (Fsp3) is 0.304. The number of carbonyl (C=O) groups excluding carboxylic acids is 2. The van der Waals surface area contributed by atoms with E-state index in [0.717, 1.165) is 12.8 Å². The Morgan fingerprint density at radius 2 is 1.91 bits per heavy atom. The van der Waals surface area contributed by atoms with Crippen LogP contribution in [-0.2, 0) is 16.1 Å². The van der Waals surface area contributed by atoms with E-state index in [0.29, 0.717) is 16.5 Å². The average molecular weight is 455 g/mol. The van der Waals surface area contributed by atoms with E-state index in [-0.39, 0.29) is 48.9 Å². The van der Waals surface area contributed by atoms with Crippen LogP contribution in [0.2, 0.25) is 5.02 Å². The van der Waals surface area contributed by atoms with Gasteiger partial charge in [0, 0.05) is 19.0 Å². The standard InChI is InChI=1S/C23H20ClFN4O3/c24-17-6-2-1-5-16(17)22-27-26-20(32-22)13-28(15-9-10-15)23(31)14-11-21(30)29(12-14)19-8-4-3-7-18(19)25/h1-8,14-15H,9-13H2. The van der Waals surface area contributed by atoms with Crippen LogP contribution in [0.3, 0.4) is 0 Å². The number of carbonyl (C=O) groups is 2. The molecule has 1 atom stereocenters. The van der Waals surface area contributed by atoms with Crippen LogP contribution in [0.4, 0.5) is 10.1 Å². The summed E-state index contributed by atoms with van der Waals surface area (Å²) in [7, 11) is 0. The van der Waals surface area contributed by atoms with E-state index in [1.165, 1.54) is 11.0 Å². The Morgan fingerprint density at radius 3 is 2.66 bits per heavy atom. The van der Waals surface area contributed by atoms with Gasteiger partial charge in [0.25, 0.3) is 0 Å². The third kappa shape index (κ3) is 3.98. The number of halogens is 2. The molecule has 2 aromatic carbocycles. The van der Waals surface area contributed by atoms with Crippen molar-refractivity contribution < 1.29 is 18.4 Å². The summed E-state index contributed by atoms with van der Waals surface area (Å²) in [5.41, 5.74) is 0.825. The molecule has 1 unspecified atom stereocenters. The van der Waals surface area contributed by atoms with Crippen LogP contribution in [0.5, 0.6) is 0 Å². The smallest absolute Gasteiger partial charge is 0.249 e. The number of anilines is 1. The lowest BCUT2D eigenvalue weighted by atomic mass is 10.1. The molecule has 0 N–H and O–H groups in total. The highest BCUT2D eigenvalue weighted by molar-refractivity contribution is 6.33. The first-order valence-corrected chi connectivity index (χ1v) is 10.8. The summed E-state index contributed by atoms with van der Waals surface area (Å²) in [6, 6.07) is 13.3. The van der Waals surface area contributed by atoms with Crippen molar-refractivity contribution in [2.75, 3.05) is 11.4 Å². The summed E-state index contributed by atoms with van der Waals surface area (Å²) in [5, 5.41) is 8.65. The predicted octanol–water partition coefficient (Wildman–Crippen LogP) is 4.07. The molecular weight excluding hydrogens is 435 g/mol. The maximum absolute atomic E-state index is 14.2. The minimum atomic E-state index is -0.548. The number of hydrogen-bond donors (Lipinski definition) is 0. The lowest BCUT2D eigenvalue weighted by Crippen LogP contribution is -2.38. The largest absolute Gasteiger partial charge is 0.419 e. The summed E-state index contributed by atoms with van der Waals surface area (Å²) >= 11 is 6.20. The zero-order chi connectivity index (χ0) is 22.2. The van der Waals surface area contributed by atoms with Gasteiger partial charge < -0.3 is 14.2 Å². The van der Waals surface area contributed by atoms with E-state index in [2.05, 4.69) is 10.2 Å². The van der Waals surface area contributed by atoms with E-state index >= 15 is 0 Å². The molecule has 2 amide bonds. The van der Waals surface area contributed by atoms with Crippen LogP contribution in [-0.4, -0.2) is 39.5 Å². The Morgan fingerprint density at radius 1 is 1.16 bits per heavy atom. The van der Waals surface area contributed by atoms with Crippen molar-refractivity contribution in [1.82, 2.24) is 15.1 Å². The quantitative estimate of drug-likeness (QED) is 0.561. The van der Waals surface area contributed by atoms with Crippen molar-refractivity contribution in [3.05, 3.63) is 65.3 Å². The highest BCUT2D eigenvalue weighted by Crippen LogP contribution is 2.34. The second kappa shape index (κ2) is 8.35. The van der Waals surface area contributed by atoms with Gasteiger partial charge in [-0.25, -0.2) is 4.39 Å². The Balaban J connectivity index is 1.32. The minimum Gasteiger partial charge on any atom is -0.419 e. The molecular formula is C23H20ClFN4O3. The van der Waals surface area contributed by atoms with Crippen LogP contribution in [0.1, 0.15) is 25.2 Å². The Kier molecular flexibility index (Phi) is 5.38. The molecule has 0 spiro atoms. The van der Waals surface area contributed by atoms with E-state index in [1.807, 2.05) is 12.1 Å². The molecule has 9 heteroatoms. The highest BCUT2D eigenvalue weighted by Gasteiger charge is 2.42. The highest BCUT2D eigenvalue weighted by atomic mass is 35.5. The fourth-order valence-corrected chi connectivity index (χ4v) is 4.21. The van der Waals surface area contributed by atoms with Crippen molar-refractivity contribution in [1.29, 1.82) is 0 Å². The maximum atomic E-state index is 14.2. The lowest BCUT2D eigenvalue weighted by Gasteiger charge is -2.24. The Labute approximate surface area is 188 Å². The molecule has 1 aliphatic carbocycles. The van der Waals surface area contributed by atoms with E-state index in [9.17, 15) is 14.0 Å². The van der Waals surface area contributed by atoms with Gasteiger partial charge in [-0.05, 0) is 37.1 Å². The van der Waals surface area contributed by atoms with Gasteiger partial charge in [0.05, 0.1) is 28.7 Å². The molecule has 2 aliphatic rings. The van der Waals surface area contributed by atoms with Gasteiger partial charge in [-0.2, -0.15) is 0 Å². The summed E-state index contributed by atoms with van der Waals surface area (Å²) in [4.78, 5) is 28.9. The van der Waals surface area contributed by atoms with Crippen molar-refractivity contribution in [2.45, 2.75) is 31.8 Å². The zero-order valence-electron chi connectivity index (χ0n) is 17.1. The number of amides is 2. The summed E-state index contributed by atoms with van der Waals surface area (Å²) < 4.78 is 19.9. The van der Waals surface area contributed by atoms with Crippen molar-refractivity contribution >= 4 is 29.1 Å². The molecule has 32 heavy (non-hydrogen) atoms. The normalized spacial score (nSPS) is 18.2. The zero-order valence-corrected chi connectivity index (χ0v) is 17.8. The first-order chi connectivity index (χ1) is 15.5. The van der Waals surface area contributed by atoms with Gasteiger partial charge in [0.1, 0.15) is 5.82 Å². The number of rotatable bonds is 6. The SMILES string of the molecule is O=C1CC(C(=O)N(Cc2nnc(-c3ccccc3Cl)o2)C2CC2)CN1c1ccccc1F. The molecule has 1 saturated heterocycles. The van der Waals surface area contributed by atoms with E-state index in [4.69, 9.17) is 16.0 Å². The van der Waals surface area contributed by atoms with Crippen molar-refractivity contribution in [2.24, 2.45) is 5.92 Å². The molecule has 5 rings (SSSR count). The topological polar surface area (TPSA) is 79.5 Å². The number of benzene rings is 2. The molecule has 1 aromatic heterocycles. The van der Waals surface area contributed by atoms with Gasteiger partial charge >= 0.3 is 0 Å². The molecule has 2 fully saturated rings. The monoisotopic (exact) mass is 454 g/mol. The van der Waals surface area contributed by atoms with Crippen LogP contribution in [0.25, 0.3) is 11.5 Å². The molecule has 7 nitrogen and oxygen atoms in total. The second-order valence-corrected chi connectivity index (χ2v) is 8.44. The molecule has 0 bridgehead atoms. The third-order valence-electron chi connectivity index (χ3n) is 5.76.